The van der Waals surface area contributed by atoms with Gasteiger partial charge in [-0.15, -0.1) is 27.8 Å². The number of halogens is 2. The fourth-order valence-corrected chi connectivity index (χ4v) is 4.96. The zero-order valence-corrected chi connectivity index (χ0v) is 18.4. The van der Waals surface area contributed by atoms with Crippen LogP contribution in [0.25, 0.3) is 26.8 Å². The number of fused-ring (bicyclic) bond motifs is 1. The molecule has 2 aromatic carbocycles. The van der Waals surface area contributed by atoms with Crippen molar-refractivity contribution >= 4 is 51.1 Å². The number of carbonyl (C=O) groups excluding carboxylic acids is 1. The molecule has 0 aliphatic rings. The number of aromatic nitrogens is 4. The summed E-state index contributed by atoms with van der Waals surface area (Å²) in [4.78, 5) is 22.8. The van der Waals surface area contributed by atoms with Gasteiger partial charge >= 0.3 is 0 Å². The topological polar surface area (TPSA) is 72.2 Å². The molecule has 0 saturated heterocycles. The number of carbonyl (C=O) groups is 1. The zero-order chi connectivity index (χ0) is 21.5. The molecule has 0 aliphatic heterocycles. The minimum Gasteiger partial charge on any atom is -0.288 e. The molecule has 0 aliphatic carbocycles. The Morgan fingerprint density at radius 1 is 1.06 bits per heavy atom. The van der Waals surface area contributed by atoms with Gasteiger partial charge in [0.2, 0.25) is 4.96 Å². The molecule has 0 unspecified atom stereocenters. The van der Waals surface area contributed by atoms with Crippen LogP contribution in [0, 0.1) is 12.7 Å². The summed E-state index contributed by atoms with van der Waals surface area (Å²) in [5, 5.41) is 10.4. The third-order valence-electron chi connectivity index (χ3n) is 4.54. The Morgan fingerprint density at radius 2 is 1.77 bits per heavy atom. The van der Waals surface area contributed by atoms with E-state index >= 15 is 0 Å². The SMILES string of the molecule is Cc1nc(-c2ccc(F)cc2)sc1C(=O)Nc1nc2scc(-c3ccc(Cl)cc3)n2n1. The minimum absolute atomic E-state index is 0.211. The molecular formula is C21H13ClFN5OS2. The van der Waals surface area contributed by atoms with Crippen molar-refractivity contribution in [1.29, 1.82) is 0 Å². The Bertz CT molecular complexity index is 1410. The van der Waals surface area contributed by atoms with E-state index in [2.05, 4.69) is 20.4 Å². The van der Waals surface area contributed by atoms with Gasteiger partial charge in [-0.3, -0.25) is 10.1 Å². The molecule has 10 heteroatoms. The van der Waals surface area contributed by atoms with Crippen molar-refractivity contribution in [2.24, 2.45) is 0 Å². The van der Waals surface area contributed by atoms with Gasteiger partial charge in [0, 0.05) is 21.5 Å². The van der Waals surface area contributed by atoms with Crippen LogP contribution in [-0.4, -0.2) is 25.5 Å². The molecule has 0 saturated carbocycles. The van der Waals surface area contributed by atoms with E-state index in [0.29, 0.717) is 25.6 Å². The van der Waals surface area contributed by atoms with Crippen molar-refractivity contribution in [2.45, 2.75) is 6.92 Å². The molecule has 0 radical (unpaired) electrons. The fraction of sp³-hybridized carbons (Fsp3) is 0.0476. The first-order chi connectivity index (χ1) is 15.0. The van der Waals surface area contributed by atoms with Gasteiger partial charge in [-0.05, 0) is 43.3 Å². The van der Waals surface area contributed by atoms with E-state index in [0.717, 1.165) is 16.8 Å². The maximum atomic E-state index is 13.2. The van der Waals surface area contributed by atoms with Gasteiger partial charge in [0.25, 0.3) is 11.9 Å². The van der Waals surface area contributed by atoms with Gasteiger partial charge in [-0.25, -0.2) is 13.9 Å². The number of aryl methyl sites for hydroxylation is 1. The first-order valence-electron chi connectivity index (χ1n) is 9.13. The smallest absolute Gasteiger partial charge is 0.270 e. The van der Waals surface area contributed by atoms with Crippen LogP contribution in [0.1, 0.15) is 15.4 Å². The normalized spacial score (nSPS) is 11.2. The lowest BCUT2D eigenvalue weighted by Crippen LogP contribution is -2.12. The number of rotatable bonds is 4. The number of nitrogens with zero attached hydrogens (tertiary/aromatic N) is 4. The van der Waals surface area contributed by atoms with Gasteiger partial charge in [0.05, 0.1) is 11.4 Å². The fourth-order valence-electron chi connectivity index (χ4n) is 3.03. The minimum atomic E-state index is -0.338. The molecule has 0 bridgehead atoms. The summed E-state index contributed by atoms with van der Waals surface area (Å²) < 4.78 is 14.9. The Labute approximate surface area is 189 Å². The van der Waals surface area contributed by atoms with Crippen LogP contribution in [0.5, 0.6) is 0 Å². The summed E-state index contributed by atoms with van der Waals surface area (Å²) in [5.74, 6) is -0.448. The lowest BCUT2D eigenvalue weighted by Gasteiger charge is -2.00. The van der Waals surface area contributed by atoms with Crippen LogP contribution in [0.15, 0.2) is 53.9 Å². The Hall–Kier alpha value is -3.14. The number of thiazole rings is 2. The molecule has 31 heavy (non-hydrogen) atoms. The molecule has 0 fully saturated rings. The molecule has 0 atom stereocenters. The monoisotopic (exact) mass is 469 g/mol. The molecule has 0 spiro atoms. The summed E-state index contributed by atoms with van der Waals surface area (Å²) in [6, 6.07) is 13.4. The quantitative estimate of drug-likeness (QED) is 0.354. The summed E-state index contributed by atoms with van der Waals surface area (Å²) in [7, 11) is 0. The number of amides is 1. The Morgan fingerprint density at radius 3 is 2.52 bits per heavy atom. The second-order valence-corrected chi connectivity index (χ2v) is 8.92. The van der Waals surface area contributed by atoms with Crippen LogP contribution < -0.4 is 5.32 Å². The average Bonchev–Trinajstić information content (AvgIpc) is 3.43. The number of anilines is 1. The summed E-state index contributed by atoms with van der Waals surface area (Å²) in [6.07, 6.45) is 0. The van der Waals surface area contributed by atoms with Crippen LogP contribution in [0.3, 0.4) is 0 Å². The van der Waals surface area contributed by atoms with Gasteiger partial charge in [0.1, 0.15) is 15.7 Å². The van der Waals surface area contributed by atoms with E-state index in [-0.39, 0.29) is 17.7 Å². The molecule has 1 N–H and O–H groups in total. The average molecular weight is 470 g/mol. The molecule has 3 aromatic heterocycles. The molecule has 154 valence electrons. The number of nitrogens with one attached hydrogen (secondary N) is 1. The van der Waals surface area contributed by atoms with Crippen molar-refractivity contribution in [3.63, 3.8) is 0 Å². The molecule has 1 amide bonds. The van der Waals surface area contributed by atoms with Crippen molar-refractivity contribution in [3.8, 4) is 21.8 Å². The van der Waals surface area contributed by atoms with Crippen LogP contribution in [-0.2, 0) is 0 Å². The molecule has 5 aromatic rings. The van der Waals surface area contributed by atoms with E-state index in [1.54, 1.807) is 23.6 Å². The predicted octanol–water partition coefficient (Wildman–Crippen LogP) is 5.93. The highest BCUT2D eigenvalue weighted by atomic mass is 35.5. The van der Waals surface area contributed by atoms with Crippen molar-refractivity contribution < 1.29 is 9.18 Å². The molecular weight excluding hydrogens is 457 g/mol. The zero-order valence-electron chi connectivity index (χ0n) is 16.0. The van der Waals surface area contributed by atoms with Gasteiger partial charge < -0.3 is 0 Å². The highest BCUT2D eigenvalue weighted by Crippen LogP contribution is 2.30. The van der Waals surface area contributed by atoms with E-state index in [9.17, 15) is 9.18 Å². The Balaban J connectivity index is 1.41. The molecule has 5 rings (SSSR count). The Kier molecular flexibility index (Phi) is 5.01. The highest BCUT2D eigenvalue weighted by molar-refractivity contribution is 7.17. The lowest BCUT2D eigenvalue weighted by atomic mass is 10.2. The van der Waals surface area contributed by atoms with E-state index < -0.39 is 0 Å². The number of benzene rings is 2. The van der Waals surface area contributed by atoms with Gasteiger partial charge in [-0.1, -0.05) is 23.7 Å². The largest absolute Gasteiger partial charge is 0.288 e. The standard InChI is InChI=1S/C21H13ClFN5OS2/c1-11-17(31-19(24-11)13-4-8-15(23)9-5-13)18(29)25-20-26-21-28(27-20)16(10-30-21)12-2-6-14(22)7-3-12/h2-10H,1H3,(H,25,27,29). The maximum absolute atomic E-state index is 13.2. The second kappa shape index (κ2) is 7.84. The first-order valence-corrected chi connectivity index (χ1v) is 11.2. The third kappa shape index (κ3) is 3.83. The highest BCUT2D eigenvalue weighted by Gasteiger charge is 2.19. The van der Waals surface area contributed by atoms with Crippen molar-refractivity contribution in [3.05, 3.63) is 75.3 Å². The predicted molar refractivity (Wildman–Crippen MR) is 122 cm³/mol. The van der Waals surface area contributed by atoms with Crippen molar-refractivity contribution in [1.82, 2.24) is 19.6 Å². The number of hydrogen-bond acceptors (Lipinski definition) is 6. The maximum Gasteiger partial charge on any atom is 0.270 e. The van der Waals surface area contributed by atoms with Crippen molar-refractivity contribution in [2.75, 3.05) is 5.32 Å². The van der Waals surface area contributed by atoms with E-state index in [4.69, 9.17) is 11.6 Å². The summed E-state index contributed by atoms with van der Waals surface area (Å²) in [6.45, 7) is 1.76. The van der Waals surface area contributed by atoms with E-state index in [1.807, 2.05) is 29.6 Å². The van der Waals surface area contributed by atoms with Crippen LogP contribution in [0.2, 0.25) is 5.02 Å². The lowest BCUT2D eigenvalue weighted by molar-refractivity contribution is 0.102. The van der Waals surface area contributed by atoms with E-state index in [1.165, 1.54) is 34.8 Å². The molecule has 6 nitrogen and oxygen atoms in total. The second-order valence-electron chi connectivity index (χ2n) is 6.65. The summed E-state index contributed by atoms with van der Waals surface area (Å²) >= 11 is 8.64. The van der Waals surface area contributed by atoms with Crippen LogP contribution >= 0.6 is 34.3 Å². The van der Waals surface area contributed by atoms with Crippen LogP contribution in [0.4, 0.5) is 10.3 Å². The summed E-state index contributed by atoms with van der Waals surface area (Å²) in [5.41, 5.74) is 3.14. The first kappa shape index (κ1) is 19.8. The molecule has 3 heterocycles. The third-order valence-corrected chi connectivity index (χ3v) is 6.81. The number of hydrogen-bond donors (Lipinski definition) is 1. The van der Waals surface area contributed by atoms with Gasteiger partial charge in [0.15, 0.2) is 0 Å². The van der Waals surface area contributed by atoms with Gasteiger partial charge in [-0.2, -0.15) is 4.98 Å².